The number of anilines is 1. The summed E-state index contributed by atoms with van der Waals surface area (Å²) in [6, 6.07) is 15.1. The molecule has 5 heteroatoms. The Morgan fingerprint density at radius 2 is 1.83 bits per heavy atom. The molecule has 0 aliphatic heterocycles. The lowest BCUT2D eigenvalue weighted by Gasteiger charge is -2.17. The molecule has 1 heterocycles. The van der Waals surface area contributed by atoms with Crippen molar-refractivity contribution in [3.05, 3.63) is 65.9 Å². The van der Waals surface area contributed by atoms with Crippen molar-refractivity contribution < 1.29 is 14.7 Å². The van der Waals surface area contributed by atoms with Crippen molar-refractivity contribution in [3.8, 4) is 0 Å². The van der Waals surface area contributed by atoms with E-state index >= 15 is 0 Å². The molecule has 1 unspecified atom stereocenters. The lowest BCUT2D eigenvalue weighted by atomic mass is 10.0. The van der Waals surface area contributed by atoms with Gasteiger partial charge < -0.3 is 15.0 Å². The SMILES string of the molecule is CC(c1ccc(C(=O)O)cc1)n1ccc2ccc(NC(=O)CC3CCCC3)cc21. The number of nitrogens with zero attached hydrogens (tertiary/aromatic N) is 1. The lowest BCUT2D eigenvalue weighted by molar-refractivity contribution is -0.117. The van der Waals surface area contributed by atoms with Crippen LogP contribution in [-0.4, -0.2) is 21.6 Å². The van der Waals surface area contributed by atoms with E-state index in [1.165, 1.54) is 12.8 Å². The Morgan fingerprint density at radius 1 is 1.10 bits per heavy atom. The second-order valence-corrected chi connectivity index (χ2v) is 8.00. The predicted octanol–water partition coefficient (Wildman–Crippen LogP) is 5.47. The Bertz CT molecular complexity index is 1030. The number of aromatic nitrogens is 1. The topological polar surface area (TPSA) is 71.3 Å². The van der Waals surface area contributed by atoms with Gasteiger partial charge in [0, 0.05) is 18.3 Å². The smallest absolute Gasteiger partial charge is 0.335 e. The number of hydrogen-bond donors (Lipinski definition) is 2. The van der Waals surface area contributed by atoms with Crippen LogP contribution in [0.1, 0.15) is 61.0 Å². The Labute approximate surface area is 170 Å². The van der Waals surface area contributed by atoms with Gasteiger partial charge in [0.25, 0.3) is 0 Å². The van der Waals surface area contributed by atoms with Gasteiger partial charge in [0.15, 0.2) is 0 Å². The maximum Gasteiger partial charge on any atom is 0.335 e. The molecule has 0 saturated heterocycles. The summed E-state index contributed by atoms with van der Waals surface area (Å²) in [5, 5.41) is 13.3. The number of hydrogen-bond acceptors (Lipinski definition) is 2. The maximum atomic E-state index is 12.4. The molecule has 0 radical (unpaired) electrons. The third kappa shape index (κ3) is 4.19. The molecule has 0 bridgehead atoms. The average Bonchev–Trinajstić information content (AvgIpc) is 3.37. The van der Waals surface area contributed by atoms with Crippen molar-refractivity contribution in [2.45, 2.75) is 45.1 Å². The summed E-state index contributed by atoms with van der Waals surface area (Å²) in [6.07, 6.45) is 7.43. The second kappa shape index (κ2) is 8.11. The molecule has 1 aliphatic carbocycles. The van der Waals surface area contributed by atoms with E-state index in [9.17, 15) is 9.59 Å². The summed E-state index contributed by atoms with van der Waals surface area (Å²) >= 11 is 0. The molecule has 5 nitrogen and oxygen atoms in total. The molecule has 29 heavy (non-hydrogen) atoms. The normalized spacial score (nSPS) is 15.5. The van der Waals surface area contributed by atoms with Crippen LogP contribution >= 0.6 is 0 Å². The number of rotatable bonds is 6. The minimum absolute atomic E-state index is 0.0415. The minimum Gasteiger partial charge on any atom is -0.478 e. The summed E-state index contributed by atoms with van der Waals surface area (Å²) in [4.78, 5) is 23.5. The van der Waals surface area contributed by atoms with Gasteiger partial charge in [-0.25, -0.2) is 4.79 Å². The second-order valence-electron chi connectivity index (χ2n) is 8.00. The van der Waals surface area contributed by atoms with Crippen LogP contribution in [0.2, 0.25) is 0 Å². The van der Waals surface area contributed by atoms with E-state index in [0.29, 0.717) is 12.3 Å². The summed E-state index contributed by atoms with van der Waals surface area (Å²) in [6.45, 7) is 2.08. The zero-order valence-corrected chi connectivity index (χ0v) is 16.6. The molecule has 3 aromatic rings. The maximum absolute atomic E-state index is 12.4. The first-order valence-electron chi connectivity index (χ1n) is 10.2. The number of carbonyl (C=O) groups excluding carboxylic acids is 1. The molecule has 2 N–H and O–H groups in total. The number of benzene rings is 2. The number of aromatic carboxylic acids is 1. The first-order chi connectivity index (χ1) is 14.0. The van der Waals surface area contributed by atoms with Crippen molar-refractivity contribution in [2.24, 2.45) is 5.92 Å². The van der Waals surface area contributed by atoms with E-state index < -0.39 is 5.97 Å². The quantitative estimate of drug-likeness (QED) is 0.586. The van der Waals surface area contributed by atoms with Crippen LogP contribution in [0.3, 0.4) is 0 Å². The summed E-state index contributed by atoms with van der Waals surface area (Å²) in [5.41, 5.74) is 3.17. The fraction of sp³-hybridized carbons (Fsp3) is 0.333. The van der Waals surface area contributed by atoms with Crippen LogP contribution in [0, 0.1) is 5.92 Å². The van der Waals surface area contributed by atoms with Gasteiger partial charge in [-0.05, 0) is 67.0 Å². The number of fused-ring (bicyclic) bond motifs is 1. The molecule has 0 spiro atoms. The molecule has 1 fully saturated rings. The van der Waals surface area contributed by atoms with E-state index in [4.69, 9.17) is 5.11 Å². The van der Waals surface area contributed by atoms with Crippen molar-refractivity contribution >= 4 is 28.5 Å². The Hall–Kier alpha value is -3.08. The average molecular weight is 390 g/mol. The van der Waals surface area contributed by atoms with Crippen molar-refractivity contribution in [3.63, 3.8) is 0 Å². The molecule has 2 aromatic carbocycles. The van der Waals surface area contributed by atoms with Gasteiger partial charge in [0.05, 0.1) is 17.1 Å². The lowest BCUT2D eigenvalue weighted by Crippen LogP contribution is -2.15. The molecule has 1 aliphatic rings. The highest BCUT2D eigenvalue weighted by molar-refractivity contribution is 5.94. The highest BCUT2D eigenvalue weighted by Gasteiger charge is 2.19. The molecule has 1 saturated carbocycles. The summed E-state index contributed by atoms with van der Waals surface area (Å²) < 4.78 is 2.15. The Morgan fingerprint density at radius 3 is 2.52 bits per heavy atom. The number of carboxylic acid groups (broad SMARTS) is 1. The predicted molar refractivity (Wildman–Crippen MR) is 114 cm³/mol. The van der Waals surface area contributed by atoms with Gasteiger partial charge in [-0.3, -0.25) is 4.79 Å². The zero-order chi connectivity index (χ0) is 20.4. The van der Waals surface area contributed by atoms with Crippen molar-refractivity contribution in [2.75, 3.05) is 5.32 Å². The van der Waals surface area contributed by atoms with Crippen LogP contribution < -0.4 is 5.32 Å². The standard InChI is InChI=1S/C24H26N2O3/c1-16(18-6-8-20(9-7-18)24(28)29)26-13-12-19-10-11-21(15-22(19)26)25-23(27)14-17-4-2-3-5-17/h6-13,15-17H,2-5,14H2,1H3,(H,25,27)(H,28,29). The van der Waals surface area contributed by atoms with E-state index in [1.807, 2.05) is 36.5 Å². The van der Waals surface area contributed by atoms with Crippen LogP contribution in [-0.2, 0) is 4.79 Å². The molecule has 150 valence electrons. The highest BCUT2D eigenvalue weighted by Crippen LogP contribution is 2.29. The zero-order valence-electron chi connectivity index (χ0n) is 16.6. The van der Waals surface area contributed by atoms with Crippen LogP contribution in [0.15, 0.2) is 54.7 Å². The van der Waals surface area contributed by atoms with Crippen molar-refractivity contribution in [1.29, 1.82) is 0 Å². The van der Waals surface area contributed by atoms with Crippen molar-refractivity contribution in [1.82, 2.24) is 4.57 Å². The summed E-state index contributed by atoms with van der Waals surface area (Å²) in [5.74, 6) is -0.309. The first-order valence-corrected chi connectivity index (χ1v) is 10.2. The third-order valence-corrected chi connectivity index (χ3v) is 6.01. The van der Waals surface area contributed by atoms with E-state index in [1.54, 1.807) is 12.1 Å². The Kier molecular flexibility index (Phi) is 5.38. The van der Waals surface area contributed by atoms with Crippen LogP contribution in [0.25, 0.3) is 10.9 Å². The van der Waals surface area contributed by atoms with Gasteiger partial charge in [-0.2, -0.15) is 0 Å². The molecular formula is C24H26N2O3. The third-order valence-electron chi connectivity index (χ3n) is 6.01. The van der Waals surface area contributed by atoms with Crippen LogP contribution in [0.5, 0.6) is 0 Å². The molecule has 1 atom stereocenters. The molecule has 1 aromatic heterocycles. The number of nitrogens with one attached hydrogen (secondary N) is 1. The largest absolute Gasteiger partial charge is 0.478 e. The van der Waals surface area contributed by atoms with Crippen LogP contribution in [0.4, 0.5) is 5.69 Å². The fourth-order valence-corrected chi connectivity index (χ4v) is 4.32. The minimum atomic E-state index is -0.923. The fourth-order valence-electron chi connectivity index (χ4n) is 4.32. The highest BCUT2D eigenvalue weighted by atomic mass is 16.4. The monoisotopic (exact) mass is 390 g/mol. The number of carbonyl (C=O) groups is 2. The van der Waals surface area contributed by atoms with E-state index in [2.05, 4.69) is 22.9 Å². The molecular weight excluding hydrogens is 364 g/mol. The first kappa shape index (κ1) is 19.2. The van der Waals surface area contributed by atoms with Gasteiger partial charge in [0.2, 0.25) is 5.91 Å². The van der Waals surface area contributed by atoms with Gasteiger partial charge in [-0.15, -0.1) is 0 Å². The van der Waals surface area contributed by atoms with E-state index in [0.717, 1.165) is 35.0 Å². The molecule has 1 amide bonds. The molecule has 4 rings (SSSR count). The van der Waals surface area contributed by atoms with E-state index in [-0.39, 0.29) is 17.5 Å². The number of amides is 1. The van der Waals surface area contributed by atoms with Gasteiger partial charge in [-0.1, -0.05) is 31.0 Å². The van der Waals surface area contributed by atoms with Gasteiger partial charge in [0.1, 0.15) is 0 Å². The Balaban J connectivity index is 1.54. The van der Waals surface area contributed by atoms with Gasteiger partial charge >= 0.3 is 5.97 Å². The number of carboxylic acids is 1. The summed E-state index contributed by atoms with van der Waals surface area (Å²) in [7, 11) is 0.